The summed E-state index contributed by atoms with van der Waals surface area (Å²) >= 11 is 6.06. The molecule has 1 fully saturated rings. The van der Waals surface area contributed by atoms with Gasteiger partial charge < -0.3 is 14.8 Å². The van der Waals surface area contributed by atoms with Crippen molar-refractivity contribution in [2.24, 2.45) is 0 Å². The molecule has 1 aromatic rings. The maximum absolute atomic E-state index is 6.06. The van der Waals surface area contributed by atoms with Crippen LogP contribution in [0.2, 0.25) is 5.02 Å². The quantitative estimate of drug-likeness (QED) is 0.741. The average Bonchev–Trinajstić information content (AvgIpc) is 2.95. The first-order chi connectivity index (χ1) is 9.79. The van der Waals surface area contributed by atoms with E-state index < -0.39 is 0 Å². The Balaban J connectivity index is 1.84. The highest BCUT2D eigenvalue weighted by Gasteiger charge is 2.15. The summed E-state index contributed by atoms with van der Waals surface area (Å²) in [6.07, 6.45) is 4.80. The normalized spacial score (nSPS) is 18.4. The molecule has 2 rings (SSSR count). The Hall–Kier alpha value is -0.770. The van der Waals surface area contributed by atoms with Gasteiger partial charge in [0.15, 0.2) is 0 Å². The van der Waals surface area contributed by atoms with Gasteiger partial charge >= 0.3 is 0 Å². The van der Waals surface area contributed by atoms with Gasteiger partial charge in [-0.2, -0.15) is 0 Å². The van der Waals surface area contributed by atoms with E-state index in [0.29, 0.717) is 12.7 Å². The van der Waals surface area contributed by atoms with Crippen LogP contribution in [0.1, 0.15) is 38.2 Å². The maximum Gasteiger partial charge on any atom is 0.123 e. The molecule has 0 spiro atoms. The fraction of sp³-hybridized carbons (Fsp3) is 0.625. The van der Waals surface area contributed by atoms with Crippen LogP contribution in [0.25, 0.3) is 0 Å². The van der Waals surface area contributed by atoms with Gasteiger partial charge in [0.05, 0.1) is 12.7 Å². The summed E-state index contributed by atoms with van der Waals surface area (Å²) in [7, 11) is 0. The van der Waals surface area contributed by atoms with Crippen LogP contribution >= 0.6 is 11.6 Å². The van der Waals surface area contributed by atoms with Gasteiger partial charge in [0, 0.05) is 30.2 Å². The molecule has 1 aliphatic rings. The van der Waals surface area contributed by atoms with E-state index in [9.17, 15) is 0 Å². The Morgan fingerprint density at radius 3 is 3.10 bits per heavy atom. The van der Waals surface area contributed by atoms with E-state index in [4.69, 9.17) is 21.1 Å². The van der Waals surface area contributed by atoms with E-state index in [2.05, 4.69) is 12.2 Å². The maximum atomic E-state index is 6.06. The second kappa shape index (κ2) is 8.50. The van der Waals surface area contributed by atoms with Crippen LogP contribution in [-0.2, 0) is 11.3 Å². The lowest BCUT2D eigenvalue weighted by molar-refractivity contribution is 0.0902. The number of halogens is 1. The topological polar surface area (TPSA) is 30.5 Å². The standard InChI is InChI=1S/C16H24ClNO2/c1-2-8-18-12-13-11-14(17)5-6-16(13)20-10-7-15-4-3-9-19-15/h5-6,11,15,18H,2-4,7-10,12H2,1H3. The van der Waals surface area contributed by atoms with Gasteiger partial charge in [-0.15, -0.1) is 0 Å². The zero-order valence-corrected chi connectivity index (χ0v) is 12.9. The summed E-state index contributed by atoms with van der Waals surface area (Å²) in [6, 6.07) is 5.82. The fourth-order valence-electron chi connectivity index (χ4n) is 2.40. The lowest BCUT2D eigenvalue weighted by Gasteiger charge is -2.14. The first-order valence-corrected chi connectivity index (χ1v) is 7.91. The van der Waals surface area contributed by atoms with Crippen LogP contribution in [-0.4, -0.2) is 25.9 Å². The van der Waals surface area contributed by atoms with Crippen molar-refractivity contribution in [1.82, 2.24) is 5.32 Å². The Morgan fingerprint density at radius 2 is 2.35 bits per heavy atom. The second-order valence-electron chi connectivity index (χ2n) is 5.20. The fourth-order valence-corrected chi connectivity index (χ4v) is 2.59. The van der Waals surface area contributed by atoms with Crippen LogP contribution < -0.4 is 10.1 Å². The van der Waals surface area contributed by atoms with Crippen LogP contribution in [0.15, 0.2) is 18.2 Å². The number of nitrogens with one attached hydrogen (secondary N) is 1. The van der Waals surface area contributed by atoms with Crippen molar-refractivity contribution in [2.75, 3.05) is 19.8 Å². The number of ether oxygens (including phenoxy) is 2. The van der Waals surface area contributed by atoms with Gasteiger partial charge in [-0.3, -0.25) is 0 Å². The van der Waals surface area contributed by atoms with Crippen molar-refractivity contribution in [3.05, 3.63) is 28.8 Å². The number of hydrogen-bond acceptors (Lipinski definition) is 3. The van der Waals surface area contributed by atoms with Gasteiger partial charge in [0.25, 0.3) is 0 Å². The molecule has 1 heterocycles. The van der Waals surface area contributed by atoms with Crippen LogP contribution in [0.3, 0.4) is 0 Å². The SMILES string of the molecule is CCCNCc1cc(Cl)ccc1OCCC1CCCO1. The smallest absolute Gasteiger partial charge is 0.123 e. The summed E-state index contributed by atoms with van der Waals surface area (Å²) in [5.41, 5.74) is 1.12. The minimum Gasteiger partial charge on any atom is -0.493 e. The summed E-state index contributed by atoms with van der Waals surface area (Å²) in [5, 5.41) is 4.14. The molecular weight excluding hydrogens is 274 g/mol. The third kappa shape index (κ3) is 4.97. The first-order valence-electron chi connectivity index (χ1n) is 7.53. The molecule has 0 aliphatic carbocycles. The predicted molar refractivity (Wildman–Crippen MR) is 82.5 cm³/mol. The van der Waals surface area contributed by atoms with E-state index in [1.165, 1.54) is 6.42 Å². The molecule has 0 bridgehead atoms. The third-order valence-electron chi connectivity index (χ3n) is 3.49. The zero-order valence-electron chi connectivity index (χ0n) is 12.2. The molecule has 20 heavy (non-hydrogen) atoms. The summed E-state index contributed by atoms with van der Waals surface area (Å²) in [5.74, 6) is 0.927. The van der Waals surface area contributed by atoms with Crippen molar-refractivity contribution in [2.45, 2.75) is 45.3 Å². The molecule has 1 saturated heterocycles. The van der Waals surface area contributed by atoms with E-state index in [-0.39, 0.29) is 0 Å². The van der Waals surface area contributed by atoms with E-state index in [1.54, 1.807) is 0 Å². The number of rotatable bonds is 8. The molecule has 1 aromatic carbocycles. The van der Waals surface area contributed by atoms with Gasteiger partial charge in [-0.05, 0) is 44.0 Å². The minimum atomic E-state index is 0.379. The summed E-state index contributed by atoms with van der Waals surface area (Å²) in [4.78, 5) is 0. The molecule has 1 unspecified atom stereocenters. The van der Waals surface area contributed by atoms with Crippen LogP contribution in [0, 0.1) is 0 Å². The van der Waals surface area contributed by atoms with Gasteiger partial charge in [-0.1, -0.05) is 18.5 Å². The first kappa shape index (κ1) is 15.6. The largest absolute Gasteiger partial charge is 0.493 e. The molecule has 1 N–H and O–H groups in total. The summed E-state index contributed by atoms with van der Waals surface area (Å²) in [6.45, 7) is 5.56. The Bertz CT molecular complexity index is 405. The molecule has 4 heteroatoms. The second-order valence-corrected chi connectivity index (χ2v) is 5.64. The minimum absolute atomic E-state index is 0.379. The monoisotopic (exact) mass is 297 g/mol. The van der Waals surface area contributed by atoms with Crippen molar-refractivity contribution in [3.8, 4) is 5.75 Å². The predicted octanol–water partition coefficient (Wildman–Crippen LogP) is 3.79. The van der Waals surface area contributed by atoms with E-state index >= 15 is 0 Å². The molecule has 1 aliphatic heterocycles. The van der Waals surface area contributed by atoms with E-state index in [1.807, 2.05) is 18.2 Å². The van der Waals surface area contributed by atoms with E-state index in [0.717, 1.165) is 55.3 Å². The van der Waals surface area contributed by atoms with Gasteiger partial charge in [0.1, 0.15) is 5.75 Å². The molecule has 1 atom stereocenters. The number of benzene rings is 1. The summed E-state index contributed by atoms with van der Waals surface area (Å²) < 4.78 is 11.5. The third-order valence-corrected chi connectivity index (χ3v) is 3.72. The van der Waals surface area contributed by atoms with Gasteiger partial charge in [-0.25, -0.2) is 0 Å². The highest BCUT2D eigenvalue weighted by atomic mass is 35.5. The highest BCUT2D eigenvalue weighted by Crippen LogP contribution is 2.24. The van der Waals surface area contributed by atoms with Gasteiger partial charge in [0.2, 0.25) is 0 Å². The van der Waals surface area contributed by atoms with Crippen molar-refractivity contribution >= 4 is 11.6 Å². The molecule has 0 amide bonds. The molecule has 0 aromatic heterocycles. The zero-order chi connectivity index (χ0) is 14.2. The lowest BCUT2D eigenvalue weighted by atomic mass is 10.2. The Labute approximate surface area is 126 Å². The van der Waals surface area contributed by atoms with Crippen LogP contribution in [0.4, 0.5) is 0 Å². The molecule has 0 radical (unpaired) electrons. The van der Waals surface area contributed by atoms with Crippen LogP contribution in [0.5, 0.6) is 5.75 Å². The highest BCUT2D eigenvalue weighted by molar-refractivity contribution is 6.30. The van der Waals surface area contributed by atoms with Crippen molar-refractivity contribution < 1.29 is 9.47 Å². The molecule has 0 saturated carbocycles. The Kier molecular flexibility index (Phi) is 6.64. The molecule has 3 nitrogen and oxygen atoms in total. The average molecular weight is 298 g/mol. The molecule has 112 valence electrons. The van der Waals surface area contributed by atoms with Crippen molar-refractivity contribution in [1.29, 1.82) is 0 Å². The Morgan fingerprint density at radius 1 is 1.45 bits per heavy atom. The number of hydrogen-bond donors (Lipinski definition) is 1. The molecular formula is C16H24ClNO2. The lowest BCUT2D eigenvalue weighted by Crippen LogP contribution is -2.16. The van der Waals surface area contributed by atoms with Crippen molar-refractivity contribution in [3.63, 3.8) is 0 Å².